The number of nitrogens with one attached hydrogen (secondary N) is 1. The van der Waals surface area contributed by atoms with Crippen molar-refractivity contribution in [2.75, 3.05) is 0 Å². The lowest BCUT2D eigenvalue weighted by Crippen LogP contribution is -2.23. The Morgan fingerprint density at radius 1 is 1.35 bits per heavy atom. The van der Waals surface area contributed by atoms with E-state index < -0.39 is 0 Å². The molecule has 1 heterocycles. The monoisotopic (exact) mass is 248 g/mol. The minimum Gasteiger partial charge on any atom is -0.309 e. The summed E-state index contributed by atoms with van der Waals surface area (Å²) in [5.41, 5.74) is 1.37. The maximum Gasteiger partial charge on any atom is 0.275 e. The van der Waals surface area contributed by atoms with E-state index in [0.717, 1.165) is 24.2 Å². The molecule has 0 radical (unpaired) electrons. The van der Waals surface area contributed by atoms with Gasteiger partial charge in [0.05, 0.1) is 0 Å². The number of carbonyl (C=O) groups excluding carboxylic acids is 1. The highest BCUT2D eigenvalue weighted by atomic mass is 35.5. The van der Waals surface area contributed by atoms with Gasteiger partial charge in [-0.05, 0) is 30.2 Å². The first-order chi connectivity index (χ1) is 8.19. The van der Waals surface area contributed by atoms with Crippen molar-refractivity contribution in [3.05, 3.63) is 40.5 Å². The fourth-order valence-corrected chi connectivity index (χ4v) is 1.72. The molecule has 0 aromatic heterocycles. The first-order valence-electron chi connectivity index (χ1n) is 5.55. The third kappa shape index (κ3) is 2.94. The molecule has 0 spiro atoms. The van der Waals surface area contributed by atoms with Gasteiger partial charge in [0.2, 0.25) is 0 Å². The highest BCUT2D eigenvalue weighted by Crippen LogP contribution is 2.15. The van der Waals surface area contributed by atoms with Crippen LogP contribution in [0, 0.1) is 0 Å². The molecule has 3 nitrogen and oxygen atoms in total. The lowest BCUT2D eigenvalue weighted by Gasteiger charge is -1.95. The third-order valence-electron chi connectivity index (χ3n) is 2.41. The normalized spacial score (nSPS) is 17.2. The number of carbonyl (C=O) groups is 1. The number of nitrogens with zero attached hydrogens (tertiary/aromatic N) is 1. The Morgan fingerprint density at radius 2 is 2.06 bits per heavy atom. The topological polar surface area (TPSA) is 41.5 Å². The van der Waals surface area contributed by atoms with Gasteiger partial charge in [-0.15, -0.1) is 0 Å². The summed E-state index contributed by atoms with van der Waals surface area (Å²) in [6, 6.07) is 7.29. The van der Waals surface area contributed by atoms with Gasteiger partial charge in [0, 0.05) is 11.4 Å². The maximum absolute atomic E-state index is 11.6. The predicted molar refractivity (Wildman–Crippen MR) is 69.9 cm³/mol. The van der Waals surface area contributed by atoms with Crippen molar-refractivity contribution in [1.29, 1.82) is 0 Å². The van der Waals surface area contributed by atoms with Crippen LogP contribution in [0.4, 0.5) is 0 Å². The van der Waals surface area contributed by atoms with Crippen LogP contribution < -0.4 is 5.32 Å². The molecule has 4 heteroatoms. The summed E-state index contributed by atoms with van der Waals surface area (Å²) in [6.07, 6.45) is 3.52. The highest BCUT2D eigenvalue weighted by Gasteiger charge is 2.18. The number of rotatable bonds is 3. The molecule has 1 aliphatic rings. The number of benzene rings is 1. The second-order valence-electron chi connectivity index (χ2n) is 3.84. The number of amides is 1. The van der Waals surface area contributed by atoms with E-state index in [-0.39, 0.29) is 5.91 Å². The second kappa shape index (κ2) is 5.15. The second-order valence-corrected chi connectivity index (χ2v) is 4.28. The van der Waals surface area contributed by atoms with E-state index in [2.05, 4.69) is 17.2 Å². The number of aliphatic imine (C=N–C) groups is 1. The van der Waals surface area contributed by atoms with Gasteiger partial charge < -0.3 is 5.32 Å². The van der Waals surface area contributed by atoms with Gasteiger partial charge in [-0.2, -0.15) is 0 Å². The highest BCUT2D eigenvalue weighted by molar-refractivity contribution is 6.30. The standard InChI is InChI=1S/C13H13ClN2O/c1-2-3-12-15-11(13(17)16-12)8-9-4-6-10(14)7-5-9/h4-8H,2-3H2,1H3,(H,15,16,17)/b11-8-. The molecule has 0 bridgehead atoms. The van der Waals surface area contributed by atoms with Crippen LogP contribution in [0.25, 0.3) is 6.08 Å². The van der Waals surface area contributed by atoms with Gasteiger partial charge in [-0.1, -0.05) is 30.7 Å². The Hall–Kier alpha value is -1.61. The Labute approximate surface area is 105 Å². The van der Waals surface area contributed by atoms with E-state index in [0.29, 0.717) is 10.7 Å². The van der Waals surface area contributed by atoms with E-state index in [1.165, 1.54) is 0 Å². The van der Waals surface area contributed by atoms with Crippen LogP contribution in [0.3, 0.4) is 0 Å². The van der Waals surface area contributed by atoms with Gasteiger partial charge in [-0.25, -0.2) is 4.99 Å². The molecule has 0 atom stereocenters. The van der Waals surface area contributed by atoms with Crippen molar-refractivity contribution in [2.45, 2.75) is 19.8 Å². The number of amidine groups is 1. The smallest absolute Gasteiger partial charge is 0.275 e. The van der Waals surface area contributed by atoms with Gasteiger partial charge in [0.15, 0.2) is 0 Å². The Balaban J connectivity index is 2.22. The SMILES string of the molecule is CCCC1=N/C(=C\c2ccc(Cl)cc2)C(=O)N1. The zero-order valence-electron chi connectivity index (χ0n) is 9.53. The molecule has 1 aliphatic heterocycles. The fraction of sp³-hybridized carbons (Fsp3) is 0.231. The third-order valence-corrected chi connectivity index (χ3v) is 2.66. The van der Waals surface area contributed by atoms with Crippen LogP contribution in [-0.4, -0.2) is 11.7 Å². The van der Waals surface area contributed by atoms with E-state index >= 15 is 0 Å². The summed E-state index contributed by atoms with van der Waals surface area (Å²) in [5, 5.41) is 3.43. The van der Waals surface area contributed by atoms with Gasteiger partial charge in [0.1, 0.15) is 11.5 Å². The molecule has 88 valence electrons. The van der Waals surface area contributed by atoms with Crippen molar-refractivity contribution in [1.82, 2.24) is 5.32 Å². The van der Waals surface area contributed by atoms with Crippen LogP contribution in [0.2, 0.25) is 5.02 Å². The zero-order valence-corrected chi connectivity index (χ0v) is 10.3. The first-order valence-corrected chi connectivity index (χ1v) is 5.93. The van der Waals surface area contributed by atoms with Crippen molar-refractivity contribution >= 4 is 29.4 Å². The molecule has 0 saturated heterocycles. The molecule has 1 aromatic carbocycles. The van der Waals surface area contributed by atoms with Crippen LogP contribution in [0.15, 0.2) is 35.0 Å². The van der Waals surface area contributed by atoms with Crippen molar-refractivity contribution in [2.24, 2.45) is 4.99 Å². The number of hydrogen-bond donors (Lipinski definition) is 1. The lowest BCUT2D eigenvalue weighted by atomic mass is 10.2. The average Bonchev–Trinajstić information content (AvgIpc) is 2.63. The van der Waals surface area contributed by atoms with Crippen molar-refractivity contribution < 1.29 is 4.79 Å². The predicted octanol–water partition coefficient (Wildman–Crippen LogP) is 3.01. The molecule has 0 saturated carbocycles. The molecule has 2 rings (SSSR count). The van der Waals surface area contributed by atoms with Gasteiger partial charge >= 0.3 is 0 Å². The average molecular weight is 249 g/mol. The Bertz CT molecular complexity index is 489. The molecule has 1 N–H and O–H groups in total. The van der Waals surface area contributed by atoms with Crippen molar-refractivity contribution in [3.63, 3.8) is 0 Å². The lowest BCUT2D eigenvalue weighted by molar-refractivity contribution is -0.115. The van der Waals surface area contributed by atoms with Gasteiger partial charge in [0.25, 0.3) is 5.91 Å². The summed E-state index contributed by atoms with van der Waals surface area (Å²) < 4.78 is 0. The fourth-order valence-electron chi connectivity index (χ4n) is 1.59. The van der Waals surface area contributed by atoms with Crippen LogP contribution in [0.1, 0.15) is 25.3 Å². The molecule has 0 aliphatic carbocycles. The van der Waals surface area contributed by atoms with E-state index in [1.54, 1.807) is 18.2 Å². The molecule has 1 amide bonds. The summed E-state index contributed by atoms with van der Waals surface area (Å²) in [4.78, 5) is 15.9. The molecule has 1 aromatic rings. The van der Waals surface area contributed by atoms with Crippen LogP contribution in [-0.2, 0) is 4.79 Å². The maximum atomic E-state index is 11.6. The number of halogens is 1. The van der Waals surface area contributed by atoms with Gasteiger partial charge in [-0.3, -0.25) is 4.79 Å². The molecule has 0 fully saturated rings. The zero-order chi connectivity index (χ0) is 12.3. The molecular formula is C13H13ClN2O. The quantitative estimate of drug-likeness (QED) is 0.821. The van der Waals surface area contributed by atoms with Crippen LogP contribution >= 0.6 is 11.6 Å². The molecule has 0 unspecified atom stereocenters. The minimum absolute atomic E-state index is 0.136. The summed E-state index contributed by atoms with van der Waals surface area (Å²) in [7, 11) is 0. The summed E-state index contributed by atoms with van der Waals surface area (Å²) in [5.74, 6) is 0.612. The van der Waals surface area contributed by atoms with Crippen molar-refractivity contribution in [3.8, 4) is 0 Å². The minimum atomic E-state index is -0.136. The summed E-state index contributed by atoms with van der Waals surface area (Å²) in [6.45, 7) is 2.05. The summed E-state index contributed by atoms with van der Waals surface area (Å²) >= 11 is 5.79. The molecule has 17 heavy (non-hydrogen) atoms. The Kier molecular flexibility index (Phi) is 3.59. The van der Waals surface area contributed by atoms with Crippen LogP contribution in [0.5, 0.6) is 0 Å². The van der Waals surface area contributed by atoms with E-state index in [4.69, 9.17) is 11.6 Å². The number of hydrogen-bond acceptors (Lipinski definition) is 2. The molecular weight excluding hydrogens is 236 g/mol. The van der Waals surface area contributed by atoms with E-state index in [9.17, 15) is 4.79 Å². The largest absolute Gasteiger partial charge is 0.309 e. The Morgan fingerprint density at radius 3 is 2.71 bits per heavy atom. The first kappa shape index (κ1) is 11.9. The van der Waals surface area contributed by atoms with E-state index in [1.807, 2.05) is 12.1 Å².